The van der Waals surface area contributed by atoms with E-state index in [0.29, 0.717) is 46.0 Å². The second-order valence-corrected chi connectivity index (χ2v) is 19.2. The Labute approximate surface area is 332 Å². The summed E-state index contributed by atoms with van der Waals surface area (Å²) >= 11 is 0. The van der Waals surface area contributed by atoms with Crippen LogP contribution in [0.1, 0.15) is 98.0 Å². The number of ketones is 1. The topological polar surface area (TPSA) is 165 Å². The van der Waals surface area contributed by atoms with Crippen molar-refractivity contribution in [3.63, 3.8) is 0 Å². The van der Waals surface area contributed by atoms with Crippen molar-refractivity contribution >= 4 is 45.4 Å². The Kier molecular flexibility index (Phi) is 12.5. The van der Waals surface area contributed by atoms with Crippen LogP contribution in [0, 0.1) is 29.1 Å². The number of carbonyl (C=O) groups excluding carboxylic acids is 5. The summed E-state index contributed by atoms with van der Waals surface area (Å²) in [6, 6.07) is 2.66. The fourth-order valence-electron chi connectivity index (χ4n) is 7.78. The third-order valence-electron chi connectivity index (χ3n) is 12.0. The van der Waals surface area contributed by atoms with E-state index >= 15 is 0 Å². The number of benzene rings is 1. The molecule has 1 saturated heterocycles. The van der Waals surface area contributed by atoms with Crippen molar-refractivity contribution in [2.24, 2.45) is 29.1 Å². The Hall–Kier alpha value is -4.16. The molecule has 12 nitrogen and oxygen atoms in total. The Morgan fingerprint density at radius 2 is 1.66 bits per heavy atom. The number of allylic oxidation sites excluding steroid dienone is 2. The zero-order valence-corrected chi connectivity index (χ0v) is 33.6. The minimum atomic E-state index is -4.95. The summed E-state index contributed by atoms with van der Waals surface area (Å²) in [5.41, 5.74) is -6.22. The van der Waals surface area contributed by atoms with Gasteiger partial charge in [0.15, 0.2) is 5.78 Å². The first kappa shape index (κ1) is 44.9. The number of esters is 1. The van der Waals surface area contributed by atoms with E-state index in [1.54, 1.807) is 13.0 Å². The molecular formula is C39H49F6N3O9S. The maximum absolute atomic E-state index is 14.6. The molecule has 0 aromatic heterocycles. The van der Waals surface area contributed by atoms with Crippen molar-refractivity contribution in [3.8, 4) is 0 Å². The smallest absolute Gasteiger partial charge is 0.427 e. The van der Waals surface area contributed by atoms with Gasteiger partial charge in [-0.05, 0) is 89.2 Å². The van der Waals surface area contributed by atoms with Gasteiger partial charge in [-0.3, -0.25) is 29.2 Å². The number of nitrogens with one attached hydrogen (secondary N) is 2. The van der Waals surface area contributed by atoms with Crippen molar-refractivity contribution in [1.29, 1.82) is 0 Å². The van der Waals surface area contributed by atoms with Crippen LogP contribution in [-0.2, 0) is 44.9 Å². The number of fused-ring (bicyclic) bond motifs is 2. The summed E-state index contributed by atoms with van der Waals surface area (Å²) in [5.74, 6) is -6.43. The Morgan fingerprint density at radius 3 is 2.28 bits per heavy atom. The summed E-state index contributed by atoms with van der Waals surface area (Å²) in [6.07, 6.45) is -8.45. The van der Waals surface area contributed by atoms with Crippen LogP contribution in [0.15, 0.2) is 36.4 Å². The van der Waals surface area contributed by atoms with Crippen LogP contribution in [0.3, 0.4) is 0 Å². The normalized spacial score (nSPS) is 29.8. The zero-order chi connectivity index (χ0) is 43.2. The summed E-state index contributed by atoms with van der Waals surface area (Å²) in [6.45, 7) is 5.83. The number of rotatable bonds is 8. The summed E-state index contributed by atoms with van der Waals surface area (Å²) < 4.78 is 119. The molecular weight excluding hydrogens is 800 g/mol. The van der Waals surface area contributed by atoms with Crippen molar-refractivity contribution in [3.05, 3.63) is 42.0 Å². The summed E-state index contributed by atoms with van der Waals surface area (Å²) in [7, 11) is -4.12. The molecule has 19 heteroatoms. The molecule has 4 aliphatic rings. The van der Waals surface area contributed by atoms with Crippen LogP contribution in [0.5, 0.6) is 0 Å². The molecule has 2 heterocycles. The molecule has 5 rings (SSSR count). The predicted octanol–water partition coefficient (Wildman–Crippen LogP) is 7.09. The molecule has 2 saturated carbocycles. The van der Waals surface area contributed by atoms with E-state index in [2.05, 4.69) is 4.72 Å². The molecule has 3 amide bonds. The number of para-hydroxylation sites is 1. The van der Waals surface area contributed by atoms with Crippen LogP contribution >= 0.6 is 0 Å². The molecule has 0 bridgehead atoms. The predicted molar refractivity (Wildman–Crippen MR) is 196 cm³/mol. The number of Topliss-reactive ketones (excluding diaryl/α,β-unsaturated/α-hetero) is 1. The van der Waals surface area contributed by atoms with Gasteiger partial charge in [-0.25, -0.2) is 13.2 Å². The fourth-order valence-corrected chi connectivity index (χ4v) is 9.11. The van der Waals surface area contributed by atoms with Crippen LogP contribution in [0.2, 0.25) is 0 Å². The Balaban J connectivity index is 1.48. The van der Waals surface area contributed by atoms with Gasteiger partial charge in [0, 0.05) is 12.8 Å². The molecule has 1 aromatic carbocycles. The minimum Gasteiger partial charge on any atom is -0.450 e. The lowest BCUT2D eigenvalue weighted by molar-refractivity contribution is -0.257. The summed E-state index contributed by atoms with van der Waals surface area (Å²) in [5, 5.41) is 2.04. The average Bonchev–Trinajstić information content (AvgIpc) is 3.97. The van der Waals surface area contributed by atoms with E-state index in [0.717, 1.165) is 23.1 Å². The lowest BCUT2D eigenvalue weighted by Crippen LogP contribution is -2.48. The number of ether oxygens (including phenoxy) is 2. The second-order valence-electron chi connectivity index (χ2n) is 17.0. The molecule has 322 valence electrons. The van der Waals surface area contributed by atoms with Crippen LogP contribution < -0.4 is 10.0 Å². The van der Waals surface area contributed by atoms with E-state index in [-0.39, 0.29) is 12.3 Å². The fraction of sp³-hybridized carbons (Fsp3) is 0.667. The molecule has 3 fully saturated rings. The van der Waals surface area contributed by atoms with E-state index in [4.69, 9.17) is 9.47 Å². The highest BCUT2D eigenvalue weighted by atomic mass is 32.2. The largest absolute Gasteiger partial charge is 0.450 e. The molecule has 7 atom stereocenters. The number of sulfonamides is 1. The highest BCUT2D eigenvalue weighted by molar-refractivity contribution is 7.91. The first-order valence-electron chi connectivity index (χ1n) is 19.2. The molecule has 2 aliphatic heterocycles. The lowest BCUT2D eigenvalue weighted by Gasteiger charge is -2.33. The van der Waals surface area contributed by atoms with Crippen molar-refractivity contribution < 1.29 is 68.2 Å². The van der Waals surface area contributed by atoms with E-state index in [9.17, 15) is 58.7 Å². The molecule has 0 unspecified atom stereocenters. The maximum atomic E-state index is 14.6. The molecule has 58 heavy (non-hydrogen) atoms. The number of carbonyl (C=O) groups is 5. The van der Waals surface area contributed by atoms with E-state index < -0.39 is 135 Å². The number of amides is 3. The number of nitrogens with zero attached hydrogens (tertiary/aromatic N) is 1. The number of alkyl halides is 6. The highest BCUT2D eigenvalue weighted by Gasteiger charge is 2.63. The van der Waals surface area contributed by atoms with Gasteiger partial charge >= 0.3 is 24.4 Å². The monoisotopic (exact) mass is 849 g/mol. The summed E-state index contributed by atoms with van der Waals surface area (Å²) in [4.78, 5) is 70.0. The van der Waals surface area contributed by atoms with Gasteiger partial charge in [0.2, 0.25) is 27.4 Å². The van der Waals surface area contributed by atoms with Gasteiger partial charge in [0.05, 0.1) is 46.3 Å². The Morgan fingerprint density at radius 1 is 1.00 bits per heavy atom. The highest BCUT2D eigenvalue weighted by Crippen LogP contribution is 2.58. The van der Waals surface area contributed by atoms with Gasteiger partial charge < -0.3 is 14.4 Å². The van der Waals surface area contributed by atoms with Gasteiger partial charge in [0.25, 0.3) is 0 Å². The van der Waals surface area contributed by atoms with Gasteiger partial charge in [-0.15, -0.1) is 0 Å². The first-order valence-corrected chi connectivity index (χ1v) is 20.7. The van der Waals surface area contributed by atoms with Gasteiger partial charge in [0.1, 0.15) is 6.10 Å². The van der Waals surface area contributed by atoms with Crippen molar-refractivity contribution in [2.75, 3.05) is 11.9 Å². The standard InChI is InChI=1S/C39H49F6N3O9S/c1-22-10-6-7-11-24-19-37(24,33(52)47-58(54,55)36(5)14-15-36)20-30(49)29-17-25(56-34(53)46-28-13-9-8-12-27(28)38(40,41)42)21-48(29)32(51)26(23(2)16-22)18-31(50)57-35(3,4)39(43,44)45/h7-9,11-13,22-26,29H,6,10,14-21H2,1-5H3,(H,46,53)(H,47,52)/b11-7-/t22-,23-,24-,25-,26+,29+,37-/m1/s1. The van der Waals surface area contributed by atoms with E-state index in [1.807, 2.05) is 18.3 Å². The maximum Gasteiger partial charge on any atom is 0.427 e. The van der Waals surface area contributed by atoms with Crippen LogP contribution in [0.4, 0.5) is 36.8 Å². The molecule has 0 radical (unpaired) electrons. The molecule has 1 aromatic rings. The number of hydrogen-bond donors (Lipinski definition) is 2. The number of hydrogen-bond acceptors (Lipinski definition) is 9. The lowest BCUT2D eigenvalue weighted by atomic mass is 9.82. The number of anilines is 1. The Bertz CT molecular complexity index is 1930. The second kappa shape index (κ2) is 16.1. The minimum absolute atomic E-state index is 0.0882. The quantitative estimate of drug-likeness (QED) is 0.158. The molecule has 2 N–H and O–H groups in total. The molecule has 2 aliphatic carbocycles. The van der Waals surface area contributed by atoms with Crippen molar-refractivity contribution in [1.82, 2.24) is 9.62 Å². The third kappa shape index (κ3) is 9.82. The van der Waals surface area contributed by atoms with Crippen LogP contribution in [-0.4, -0.2) is 78.2 Å². The van der Waals surface area contributed by atoms with Crippen molar-refractivity contribution in [2.45, 2.75) is 127 Å². The van der Waals surface area contributed by atoms with Gasteiger partial charge in [-0.1, -0.05) is 38.1 Å². The van der Waals surface area contributed by atoms with Crippen LogP contribution in [0.25, 0.3) is 0 Å². The SMILES string of the molecule is C[C@@H]1CC/C=C\[C@@H]2C[C@@]2(C(=O)NS(=O)(=O)C2(C)CC2)CC(=O)[C@@H]2C[C@@H](OC(=O)Nc3ccccc3C(F)(F)F)CN2C(=O)[C@@H](CC(=O)OC(C)(C)C(F)(F)F)[C@H](C)C1. The third-order valence-corrected chi connectivity index (χ3v) is 14.1. The average molecular weight is 850 g/mol. The molecule has 0 spiro atoms. The zero-order valence-electron chi connectivity index (χ0n) is 32.8. The van der Waals surface area contributed by atoms with Gasteiger partial charge in [-0.2, -0.15) is 26.3 Å². The first-order chi connectivity index (χ1) is 26.7. The van der Waals surface area contributed by atoms with E-state index in [1.165, 1.54) is 13.0 Å². The number of halogens is 6.